The highest BCUT2D eigenvalue weighted by Crippen LogP contribution is 2.33. The van der Waals surface area contributed by atoms with Gasteiger partial charge in [0.25, 0.3) is 5.91 Å². The lowest BCUT2D eigenvalue weighted by molar-refractivity contribution is -0.142. The SMILES string of the molecule is CC(=O)OCCCc1cc(/C=C2\SCN(N(C)C)C2=O)cc(CCCOC(C)=O)c1O. The minimum absolute atomic E-state index is 0.0594. The Morgan fingerprint density at radius 3 is 2.03 bits per heavy atom. The number of carbonyl (C=O) groups is 3. The van der Waals surface area contributed by atoms with E-state index in [0.717, 1.165) is 16.7 Å². The monoisotopic (exact) mass is 450 g/mol. The molecule has 1 saturated heterocycles. The number of esters is 2. The van der Waals surface area contributed by atoms with Crippen molar-refractivity contribution in [2.75, 3.05) is 33.2 Å². The van der Waals surface area contributed by atoms with Crippen LogP contribution < -0.4 is 0 Å². The van der Waals surface area contributed by atoms with Gasteiger partial charge < -0.3 is 14.6 Å². The number of ether oxygens (including phenoxy) is 2. The Morgan fingerprint density at radius 2 is 1.61 bits per heavy atom. The second-order valence-corrected chi connectivity index (χ2v) is 8.40. The fourth-order valence-electron chi connectivity index (χ4n) is 3.14. The summed E-state index contributed by atoms with van der Waals surface area (Å²) in [5.74, 6) is 0.0106. The number of carbonyl (C=O) groups excluding carboxylic acids is 3. The lowest BCUT2D eigenvalue weighted by atomic mass is 9.97. The predicted octanol–water partition coefficient (Wildman–Crippen LogP) is 2.73. The number of phenols is 1. The first-order valence-electron chi connectivity index (χ1n) is 10.1. The molecule has 2 rings (SSSR count). The lowest BCUT2D eigenvalue weighted by Gasteiger charge is -2.21. The van der Waals surface area contributed by atoms with Crippen molar-refractivity contribution in [1.29, 1.82) is 0 Å². The largest absolute Gasteiger partial charge is 0.507 e. The summed E-state index contributed by atoms with van der Waals surface area (Å²) in [5.41, 5.74) is 2.27. The molecule has 9 heteroatoms. The molecule has 0 bridgehead atoms. The molecular weight excluding hydrogens is 420 g/mol. The van der Waals surface area contributed by atoms with E-state index in [4.69, 9.17) is 9.47 Å². The number of thioether (sulfide) groups is 1. The summed E-state index contributed by atoms with van der Waals surface area (Å²) in [7, 11) is 3.65. The number of benzene rings is 1. The topological polar surface area (TPSA) is 96.4 Å². The number of hydrogen-bond donors (Lipinski definition) is 1. The molecule has 1 fully saturated rings. The molecule has 170 valence electrons. The van der Waals surface area contributed by atoms with Crippen LogP contribution in [0.25, 0.3) is 6.08 Å². The number of phenolic OH excluding ortho intramolecular Hbond substituents is 1. The summed E-state index contributed by atoms with van der Waals surface area (Å²) >= 11 is 1.47. The van der Waals surface area contributed by atoms with Gasteiger partial charge in [-0.25, -0.2) is 5.01 Å². The van der Waals surface area contributed by atoms with Gasteiger partial charge in [0.15, 0.2) is 0 Å². The fourth-order valence-corrected chi connectivity index (χ4v) is 4.20. The molecule has 0 unspecified atom stereocenters. The first kappa shape index (κ1) is 24.7. The molecular formula is C22H30N2O6S. The molecule has 1 aliphatic rings. The molecule has 1 amide bonds. The molecule has 1 aliphatic heterocycles. The standard InChI is InChI=1S/C22H30N2O6S/c1-15(25)29-9-5-7-18-11-17(13-20-22(28)24(14-31-20)23(3)4)12-19(21(18)27)8-6-10-30-16(2)26/h11-13,27H,5-10,14H2,1-4H3/b20-13-. The average molecular weight is 451 g/mol. The molecule has 1 aromatic carbocycles. The molecule has 0 aliphatic carbocycles. The molecule has 8 nitrogen and oxygen atoms in total. The maximum absolute atomic E-state index is 12.6. The second kappa shape index (κ2) is 11.8. The quantitative estimate of drug-likeness (QED) is 0.330. The summed E-state index contributed by atoms with van der Waals surface area (Å²) in [4.78, 5) is 35.2. The van der Waals surface area contributed by atoms with E-state index in [9.17, 15) is 19.5 Å². The summed E-state index contributed by atoms with van der Waals surface area (Å²) < 4.78 is 9.97. The molecule has 0 saturated carbocycles. The Kier molecular flexibility index (Phi) is 9.39. The molecule has 1 aromatic rings. The number of rotatable bonds is 10. The van der Waals surface area contributed by atoms with Crippen LogP contribution >= 0.6 is 11.8 Å². The number of hydrogen-bond acceptors (Lipinski definition) is 8. The number of amides is 1. The van der Waals surface area contributed by atoms with Crippen LogP contribution in [0.15, 0.2) is 17.0 Å². The van der Waals surface area contributed by atoms with E-state index in [0.29, 0.717) is 36.5 Å². The maximum atomic E-state index is 12.6. The van der Waals surface area contributed by atoms with Gasteiger partial charge in [0, 0.05) is 27.9 Å². The zero-order valence-electron chi connectivity index (χ0n) is 18.5. The van der Waals surface area contributed by atoms with Crippen molar-refractivity contribution >= 4 is 35.7 Å². The fraction of sp³-hybridized carbons (Fsp3) is 0.500. The summed E-state index contributed by atoms with van der Waals surface area (Å²) in [6.45, 7) is 3.26. The molecule has 0 spiro atoms. The smallest absolute Gasteiger partial charge is 0.302 e. The Morgan fingerprint density at radius 1 is 1.10 bits per heavy atom. The van der Waals surface area contributed by atoms with Crippen LogP contribution in [0.2, 0.25) is 0 Å². The average Bonchev–Trinajstić information content (AvgIpc) is 3.05. The summed E-state index contributed by atoms with van der Waals surface area (Å²) in [6.07, 6.45) is 4.03. The van der Waals surface area contributed by atoms with Crippen molar-refractivity contribution in [3.8, 4) is 5.75 Å². The van der Waals surface area contributed by atoms with E-state index in [1.807, 2.05) is 32.3 Å². The number of hydrazine groups is 1. The Hall–Kier alpha value is -2.52. The van der Waals surface area contributed by atoms with E-state index in [-0.39, 0.29) is 36.8 Å². The van der Waals surface area contributed by atoms with E-state index in [2.05, 4.69) is 0 Å². The highest BCUT2D eigenvalue weighted by Gasteiger charge is 2.28. The van der Waals surface area contributed by atoms with Gasteiger partial charge in [-0.15, -0.1) is 0 Å². The van der Waals surface area contributed by atoms with Gasteiger partial charge in [-0.3, -0.25) is 19.4 Å². The molecule has 0 aromatic heterocycles. The molecule has 1 heterocycles. The van der Waals surface area contributed by atoms with E-state index >= 15 is 0 Å². The van der Waals surface area contributed by atoms with Crippen LogP contribution in [0.3, 0.4) is 0 Å². The summed E-state index contributed by atoms with van der Waals surface area (Å²) in [5, 5.41) is 14.1. The van der Waals surface area contributed by atoms with E-state index < -0.39 is 0 Å². The Balaban J connectivity index is 2.22. The zero-order valence-corrected chi connectivity index (χ0v) is 19.3. The third-order valence-electron chi connectivity index (χ3n) is 4.65. The van der Waals surface area contributed by atoms with Gasteiger partial charge in [-0.1, -0.05) is 11.8 Å². The predicted molar refractivity (Wildman–Crippen MR) is 119 cm³/mol. The van der Waals surface area contributed by atoms with Crippen LogP contribution in [-0.4, -0.2) is 66.2 Å². The van der Waals surface area contributed by atoms with Crippen LogP contribution in [0.5, 0.6) is 5.75 Å². The lowest BCUT2D eigenvalue weighted by Crippen LogP contribution is -2.37. The van der Waals surface area contributed by atoms with Crippen LogP contribution in [0.4, 0.5) is 0 Å². The Labute approximate surface area is 187 Å². The van der Waals surface area contributed by atoms with Crippen molar-refractivity contribution in [3.63, 3.8) is 0 Å². The van der Waals surface area contributed by atoms with Crippen molar-refractivity contribution in [3.05, 3.63) is 33.7 Å². The zero-order chi connectivity index (χ0) is 23.0. The van der Waals surface area contributed by atoms with Crippen molar-refractivity contribution in [2.45, 2.75) is 39.5 Å². The molecule has 1 N–H and O–H groups in total. The van der Waals surface area contributed by atoms with Crippen LogP contribution in [-0.2, 0) is 36.7 Å². The van der Waals surface area contributed by atoms with Crippen LogP contribution in [0, 0.1) is 0 Å². The minimum atomic E-state index is -0.337. The van der Waals surface area contributed by atoms with Gasteiger partial charge in [-0.05, 0) is 60.6 Å². The number of nitrogens with zero attached hydrogens (tertiary/aromatic N) is 2. The van der Waals surface area contributed by atoms with Gasteiger partial charge >= 0.3 is 11.9 Å². The van der Waals surface area contributed by atoms with Crippen molar-refractivity contribution < 1.29 is 29.0 Å². The molecule has 0 radical (unpaired) electrons. The second-order valence-electron chi connectivity index (χ2n) is 7.41. The third kappa shape index (κ3) is 7.59. The van der Waals surface area contributed by atoms with Gasteiger partial charge in [0.05, 0.1) is 24.0 Å². The number of aryl methyl sites for hydroxylation is 2. The first-order valence-corrected chi connectivity index (χ1v) is 11.1. The van der Waals surface area contributed by atoms with Gasteiger partial charge in [-0.2, -0.15) is 0 Å². The minimum Gasteiger partial charge on any atom is -0.507 e. The summed E-state index contributed by atoms with van der Waals surface area (Å²) in [6, 6.07) is 3.72. The van der Waals surface area contributed by atoms with Crippen LogP contribution in [0.1, 0.15) is 43.4 Å². The van der Waals surface area contributed by atoms with E-state index in [1.54, 1.807) is 10.0 Å². The molecule has 31 heavy (non-hydrogen) atoms. The third-order valence-corrected chi connectivity index (χ3v) is 5.63. The first-order chi connectivity index (χ1) is 14.7. The molecule has 0 atom stereocenters. The van der Waals surface area contributed by atoms with E-state index in [1.165, 1.54) is 25.6 Å². The normalized spacial score (nSPS) is 15.1. The maximum Gasteiger partial charge on any atom is 0.302 e. The van der Waals surface area contributed by atoms with Crippen molar-refractivity contribution in [2.24, 2.45) is 0 Å². The van der Waals surface area contributed by atoms with Gasteiger partial charge in [0.1, 0.15) is 5.75 Å². The highest BCUT2D eigenvalue weighted by molar-refractivity contribution is 8.04. The number of aromatic hydroxyl groups is 1. The highest BCUT2D eigenvalue weighted by atomic mass is 32.2. The van der Waals surface area contributed by atoms with Crippen molar-refractivity contribution in [1.82, 2.24) is 10.0 Å². The van der Waals surface area contributed by atoms with Gasteiger partial charge in [0.2, 0.25) is 0 Å². The Bertz CT molecular complexity index is 809.